The molecule has 2 heterocycles. The molecule has 0 amide bonds. The predicted octanol–water partition coefficient (Wildman–Crippen LogP) is 2.69. The molecule has 21 heavy (non-hydrogen) atoms. The number of nitrogens with one attached hydrogen (secondary N) is 1. The van der Waals surface area contributed by atoms with Crippen molar-refractivity contribution in [3.05, 3.63) is 41.5 Å². The van der Waals surface area contributed by atoms with Crippen molar-refractivity contribution in [2.45, 2.75) is 45.8 Å². The highest BCUT2D eigenvalue weighted by Gasteiger charge is 2.21. The maximum absolute atomic E-state index is 5.31. The van der Waals surface area contributed by atoms with Gasteiger partial charge in [-0.1, -0.05) is 37.2 Å². The summed E-state index contributed by atoms with van der Waals surface area (Å²) in [6, 6.07) is 8.92. The van der Waals surface area contributed by atoms with Crippen LogP contribution in [0.2, 0.25) is 0 Å². The first-order valence-electron chi connectivity index (χ1n) is 7.52. The molecule has 1 N–H and O–H groups in total. The van der Waals surface area contributed by atoms with Crippen LogP contribution in [0.25, 0.3) is 0 Å². The van der Waals surface area contributed by atoms with E-state index in [0.29, 0.717) is 18.5 Å². The highest BCUT2D eigenvalue weighted by Crippen LogP contribution is 2.25. The molecule has 0 bridgehead atoms. The first-order chi connectivity index (χ1) is 10.1. The first kappa shape index (κ1) is 14.1. The molecule has 0 fully saturated rings. The molecule has 5 heteroatoms. The topological polar surface area (TPSA) is 54.2 Å². The molecule has 3 rings (SSSR count). The van der Waals surface area contributed by atoms with Gasteiger partial charge in [0, 0.05) is 30.7 Å². The van der Waals surface area contributed by atoms with Gasteiger partial charge in [0.25, 0.3) is 0 Å². The molecule has 0 aliphatic carbocycles. The lowest BCUT2D eigenvalue weighted by atomic mass is 10.1. The Hall–Kier alpha value is -1.88. The second kappa shape index (κ2) is 5.85. The number of hydrogen-bond donors (Lipinski definition) is 1. The summed E-state index contributed by atoms with van der Waals surface area (Å²) >= 11 is 0. The van der Waals surface area contributed by atoms with E-state index in [2.05, 4.69) is 65.4 Å². The zero-order valence-corrected chi connectivity index (χ0v) is 12.8. The molecular formula is C16H22N4O. The number of aromatic nitrogens is 2. The van der Waals surface area contributed by atoms with Crippen molar-refractivity contribution in [2.24, 2.45) is 0 Å². The summed E-state index contributed by atoms with van der Waals surface area (Å²) in [5, 5.41) is 7.65. The Bertz CT molecular complexity index is 608. The highest BCUT2D eigenvalue weighted by atomic mass is 16.5. The van der Waals surface area contributed by atoms with E-state index in [1.807, 2.05) is 0 Å². The van der Waals surface area contributed by atoms with Gasteiger partial charge in [0.15, 0.2) is 5.82 Å². The van der Waals surface area contributed by atoms with Crippen LogP contribution in [0.1, 0.15) is 44.0 Å². The normalized spacial score (nSPS) is 18.7. The quantitative estimate of drug-likeness (QED) is 0.940. The van der Waals surface area contributed by atoms with Gasteiger partial charge >= 0.3 is 0 Å². The van der Waals surface area contributed by atoms with Gasteiger partial charge in [0.05, 0.1) is 6.54 Å². The lowest BCUT2D eigenvalue weighted by Gasteiger charge is -2.24. The van der Waals surface area contributed by atoms with Crippen LogP contribution >= 0.6 is 0 Å². The molecule has 2 aromatic rings. The third-order valence-electron chi connectivity index (χ3n) is 3.78. The minimum absolute atomic E-state index is 0.267. The minimum atomic E-state index is 0.267. The third-order valence-corrected chi connectivity index (χ3v) is 3.78. The molecule has 1 atom stereocenters. The summed E-state index contributed by atoms with van der Waals surface area (Å²) in [4.78, 5) is 6.82. The van der Waals surface area contributed by atoms with Crippen LogP contribution in [0.15, 0.2) is 28.8 Å². The molecule has 112 valence electrons. The zero-order valence-electron chi connectivity index (χ0n) is 12.8. The van der Waals surface area contributed by atoms with Gasteiger partial charge in [-0.15, -0.1) is 0 Å². The first-order valence-corrected chi connectivity index (χ1v) is 7.52. The summed E-state index contributed by atoms with van der Waals surface area (Å²) in [6.07, 6.45) is 0. The second-order valence-electron chi connectivity index (χ2n) is 5.99. The summed E-state index contributed by atoms with van der Waals surface area (Å²) in [5.74, 6) is 1.73. The number of nitrogens with zero attached hydrogens (tertiary/aromatic N) is 3. The lowest BCUT2D eigenvalue weighted by molar-refractivity contribution is 0.360. The van der Waals surface area contributed by atoms with Crippen LogP contribution in [0.3, 0.4) is 0 Å². The Morgan fingerprint density at radius 3 is 2.95 bits per heavy atom. The molecule has 0 saturated heterocycles. The van der Waals surface area contributed by atoms with E-state index in [0.717, 1.165) is 18.9 Å². The van der Waals surface area contributed by atoms with E-state index in [1.54, 1.807) is 0 Å². The molecule has 1 aromatic heterocycles. The van der Waals surface area contributed by atoms with Crippen molar-refractivity contribution in [1.29, 1.82) is 0 Å². The van der Waals surface area contributed by atoms with Gasteiger partial charge in [-0.3, -0.25) is 0 Å². The number of para-hydroxylation sites is 1. The SMILES string of the molecule is CC1CN(Cc2noc(C(C)C)n2)c2ccccc2CN1. The van der Waals surface area contributed by atoms with E-state index in [1.165, 1.54) is 11.3 Å². The number of rotatable bonds is 3. The van der Waals surface area contributed by atoms with Crippen molar-refractivity contribution in [1.82, 2.24) is 15.5 Å². The molecule has 5 nitrogen and oxygen atoms in total. The smallest absolute Gasteiger partial charge is 0.229 e. The molecule has 0 radical (unpaired) electrons. The van der Waals surface area contributed by atoms with Gasteiger partial charge in [-0.2, -0.15) is 4.98 Å². The van der Waals surface area contributed by atoms with Crippen LogP contribution in [-0.2, 0) is 13.1 Å². The average Bonchev–Trinajstić information content (AvgIpc) is 2.87. The Morgan fingerprint density at radius 2 is 2.19 bits per heavy atom. The van der Waals surface area contributed by atoms with Crippen molar-refractivity contribution in [3.8, 4) is 0 Å². The van der Waals surface area contributed by atoms with Crippen LogP contribution in [-0.4, -0.2) is 22.7 Å². The van der Waals surface area contributed by atoms with Gasteiger partial charge in [0.1, 0.15) is 0 Å². The van der Waals surface area contributed by atoms with E-state index in [4.69, 9.17) is 4.52 Å². The van der Waals surface area contributed by atoms with Crippen molar-refractivity contribution < 1.29 is 4.52 Å². The van der Waals surface area contributed by atoms with Gasteiger partial charge in [-0.05, 0) is 18.6 Å². The number of fused-ring (bicyclic) bond motifs is 1. The van der Waals surface area contributed by atoms with E-state index in [9.17, 15) is 0 Å². The van der Waals surface area contributed by atoms with Gasteiger partial charge in [-0.25, -0.2) is 0 Å². The lowest BCUT2D eigenvalue weighted by Crippen LogP contribution is -2.35. The fourth-order valence-electron chi connectivity index (χ4n) is 2.63. The molecule has 0 saturated carbocycles. The van der Waals surface area contributed by atoms with Crippen LogP contribution in [0.5, 0.6) is 0 Å². The molecule has 0 spiro atoms. The van der Waals surface area contributed by atoms with E-state index < -0.39 is 0 Å². The Kier molecular flexibility index (Phi) is 3.92. The summed E-state index contributed by atoms with van der Waals surface area (Å²) in [6.45, 7) is 8.84. The summed E-state index contributed by atoms with van der Waals surface area (Å²) < 4.78 is 5.31. The van der Waals surface area contributed by atoms with Crippen molar-refractivity contribution >= 4 is 5.69 Å². The number of anilines is 1. The summed E-state index contributed by atoms with van der Waals surface area (Å²) in [7, 11) is 0. The second-order valence-corrected chi connectivity index (χ2v) is 5.99. The van der Waals surface area contributed by atoms with Crippen molar-refractivity contribution in [2.75, 3.05) is 11.4 Å². The molecule has 1 unspecified atom stereocenters. The minimum Gasteiger partial charge on any atom is -0.362 e. The molecular weight excluding hydrogens is 264 g/mol. The van der Waals surface area contributed by atoms with Crippen LogP contribution in [0.4, 0.5) is 5.69 Å². The maximum Gasteiger partial charge on any atom is 0.229 e. The highest BCUT2D eigenvalue weighted by molar-refractivity contribution is 5.54. The standard InChI is InChI=1S/C16H22N4O/c1-11(2)16-18-15(19-21-16)10-20-9-12(3)17-8-13-6-4-5-7-14(13)20/h4-7,11-12,17H,8-10H2,1-3H3. The van der Waals surface area contributed by atoms with Crippen LogP contribution in [0, 0.1) is 0 Å². The Morgan fingerprint density at radius 1 is 1.38 bits per heavy atom. The Labute approximate surface area is 125 Å². The van der Waals surface area contributed by atoms with Crippen molar-refractivity contribution in [3.63, 3.8) is 0 Å². The van der Waals surface area contributed by atoms with Crippen LogP contribution < -0.4 is 10.2 Å². The zero-order chi connectivity index (χ0) is 14.8. The van der Waals surface area contributed by atoms with E-state index >= 15 is 0 Å². The maximum atomic E-state index is 5.31. The van der Waals surface area contributed by atoms with Gasteiger partial charge in [0.2, 0.25) is 5.89 Å². The molecule has 1 aromatic carbocycles. The summed E-state index contributed by atoms with van der Waals surface area (Å²) in [5.41, 5.74) is 2.57. The Balaban J connectivity index is 1.85. The van der Waals surface area contributed by atoms with E-state index in [-0.39, 0.29) is 5.92 Å². The molecule has 1 aliphatic heterocycles. The largest absolute Gasteiger partial charge is 0.362 e. The predicted molar refractivity (Wildman–Crippen MR) is 82.2 cm³/mol. The fourth-order valence-corrected chi connectivity index (χ4v) is 2.63. The average molecular weight is 286 g/mol. The number of hydrogen-bond acceptors (Lipinski definition) is 5. The monoisotopic (exact) mass is 286 g/mol. The third kappa shape index (κ3) is 3.08. The fraction of sp³-hybridized carbons (Fsp3) is 0.500. The molecule has 1 aliphatic rings. The van der Waals surface area contributed by atoms with Gasteiger partial charge < -0.3 is 14.7 Å². The number of benzene rings is 1.